The molecule has 7 N–H and O–H groups in total. The fraction of sp³-hybridized carbons (Fsp3) is 1.00. The second-order valence-electron chi connectivity index (χ2n) is 5.55. The number of hydrogen-bond acceptors (Lipinski definition) is 7. The van der Waals surface area contributed by atoms with Crippen molar-refractivity contribution in [1.82, 2.24) is 0 Å². The van der Waals surface area contributed by atoms with Crippen LogP contribution < -0.4 is 5.73 Å². The first-order valence-electron chi connectivity index (χ1n) is 7.16. The third kappa shape index (κ3) is 4.11. The van der Waals surface area contributed by atoms with Crippen LogP contribution in [0.4, 0.5) is 0 Å². The van der Waals surface area contributed by atoms with Crippen molar-refractivity contribution in [1.29, 1.82) is 0 Å². The van der Waals surface area contributed by atoms with Crippen molar-refractivity contribution in [3.63, 3.8) is 0 Å². The summed E-state index contributed by atoms with van der Waals surface area (Å²) in [5, 5.41) is 48.2. The Morgan fingerprint density at radius 2 is 1.95 bits per heavy atom. The van der Waals surface area contributed by atoms with Gasteiger partial charge in [-0.05, 0) is 12.8 Å². The fourth-order valence-electron chi connectivity index (χ4n) is 2.44. The van der Waals surface area contributed by atoms with E-state index in [2.05, 4.69) is 6.92 Å². The van der Waals surface area contributed by atoms with Gasteiger partial charge in [0.25, 0.3) is 0 Å². The Labute approximate surface area is 119 Å². The van der Waals surface area contributed by atoms with E-state index in [1.165, 1.54) is 0 Å². The van der Waals surface area contributed by atoms with Gasteiger partial charge in [-0.15, -0.1) is 0 Å². The Balaban J connectivity index is 2.55. The molecule has 1 aliphatic heterocycles. The van der Waals surface area contributed by atoms with Gasteiger partial charge in [0.15, 0.2) is 5.79 Å². The van der Waals surface area contributed by atoms with E-state index in [-0.39, 0.29) is 12.5 Å². The molecule has 1 fully saturated rings. The normalized spacial score (nSPS) is 37.0. The van der Waals surface area contributed by atoms with Gasteiger partial charge < -0.3 is 36.0 Å². The predicted octanol–water partition coefficient (Wildman–Crippen LogP) is -1.55. The number of aliphatic hydroxyl groups is 5. The van der Waals surface area contributed by atoms with Crippen LogP contribution in [0.3, 0.4) is 0 Å². The van der Waals surface area contributed by atoms with Crippen molar-refractivity contribution in [3.8, 4) is 0 Å². The summed E-state index contributed by atoms with van der Waals surface area (Å²) in [7, 11) is 0. The van der Waals surface area contributed by atoms with E-state index in [0.29, 0.717) is 6.42 Å². The minimum atomic E-state index is -1.94. The molecular weight excluding hydrogens is 266 g/mol. The van der Waals surface area contributed by atoms with Crippen molar-refractivity contribution in [2.24, 2.45) is 5.73 Å². The first kappa shape index (κ1) is 17.8. The third-order valence-electron chi connectivity index (χ3n) is 3.83. The number of rotatable bonds is 8. The third-order valence-corrected chi connectivity index (χ3v) is 3.83. The van der Waals surface area contributed by atoms with Gasteiger partial charge in [0.2, 0.25) is 0 Å². The molecule has 0 radical (unpaired) electrons. The minimum absolute atomic E-state index is 0.0603. The molecule has 1 heterocycles. The molecule has 0 aromatic carbocycles. The molecule has 20 heavy (non-hydrogen) atoms. The maximum Gasteiger partial charge on any atom is 0.195 e. The van der Waals surface area contributed by atoms with Gasteiger partial charge in [-0.3, -0.25) is 0 Å². The molecule has 0 aliphatic carbocycles. The quantitative estimate of drug-likeness (QED) is 0.319. The second-order valence-corrected chi connectivity index (χ2v) is 5.55. The summed E-state index contributed by atoms with van der Waals surface area (Å²) in [6, 6.07) is -0.117. The van der Waals surface area contributed by atoms with Crippen LogP contribution in [-0.2, 0) is 4.74 Å². The Morgan fingerprint density at radius 3 is 2.50 bits per heavy atom. The van der Waals surface area contributed by atoms with E-state index in [1.54, 1.807) is 0 Å². The van der Waals surface area contributed by atoms with E-state index in [0.717, 1.165) is 19.3 Å². The highest BCUT2D eigenvalue weighted by Crippen LogP contribution is 2.34. The highest BCUT2D eigenvalue weighted by molar-refractivity contribution is 4.98. The summed E-state index contributed by atoms with van der Waals surface area (Å²) in [5.41, 5.74) is 5.90. The van der Waals surface area contributed by atoms with Crippen LogP contribution in [0.2, 0.25) is 0 Å². The second kappa shape index (κ2) is 7.65. The van der Waals surface area contributed by atoms with Crippen molar-refractivity contribution in [2.75, 3.05) is 6.61 Å². The Morgan fingerprint density at radius 1 is 1.30 bits per heavy atom. The van der Waals surface area contributed by atoms with Crippen LogP contribution in [0.15, 0.2) is 0 Å². The summed E-state index contributed by atoms with van der Waals surface area (Å²) in [4.78, 5) is 0. The maximum atomic E-state index is 10.2. The number of hydrogen-bond donors (Lipinski definition) is 6. The average molecular weight is 293 g/mol. The lowest BCUT2D eigenvalue weighted by Crippen LogP contribution is -2.44. The Bertz CT molecular complexity index is 292. The zero-order valence-electron chi connectivity index (χ0n) is 11.9. The summed E-state index contributed by atoms with van der Waals surface area (Å²) >= 11 is 0. The zero-order chi connectivity index (χ0) is 15.3. The monoisotopic (exact) mass is 293 g/mol. The smallest absolute Gasteiger partial charge is 0.195 e. The number of ether oxygens (including phenoxy) is 1. The molecule has 0 saturated carbocycles. The summed E-state index contributed by atoms with van der Waals surface area (Å²) < 4.78 is 5.17. The molecule has 0 bridgehead atoms. The van der Waals surface area contributed by atoms with E-state index in [9.17, 15) is 20.4 Å². The van der Waals surface area contributed by atoms with Gasteiger partial charge in [-0.25, -0.2) is 0 Å². The van der Waals surface area contributed by atoms with E-state index in [4.69, 9.17) is 15.6 Å². The van der Waals surface area contributed by atoms with Crippen LogP contribution in [0.5, 0.6) is 0 Å². The standard InChI is InChI=1S/C13H27NO6/c1-2-3-4-8(14)5-6-13(19)12(18)10(17)11(20-13)9(16)7-15/h8-12,15-19H,2-7,14H2,1H3/t8?,9-,10-,11-,12-,13+/m1/s1. The van der Waals surface area contributed by atoms with Crippen molar-refractivity contribution in [3.05, 3.63) is 0 Å². The molecule has 1 aliphatic rings. The van der Waals surface area contributed by atoms with Crippen LogP contribution in [0, 0.1) is 0 Å². The molecule has 1 rings (SSSR count). The molecule has 1 unspecified atom stereocenters. The van der Waals surface area contributed by atoms with Gasteiger partial charge >= 0.3 is 0 Å². The molecular formula is C13H27NO6. The van der Waals surface area contributed by atoms with E-state index < -0.39 is 36.8 Å². The highest BCUT2D eigenvalue weighted by atomic mass is 16.7. The van der Waals surface area contributed by atoms with Crippen LogP contribution in [0.25, 0.3) is 0 Å². The molecule has 7 heteroatoms. The minimum Gasteiger partial charge on any atom is -0.394 e. The summed E-state index contributed by atoms with van der Waals surface area (Å²) in [5.74, 6) is -1.94. The maximum absolute atomic E-state index is 10.2. The predicted molar refractivity (Wildman–Crippen MR) is 71.7 cm³/mol. The lowest BCUT2D eigenvalue weighted by atomic mass is 9.96. The first-order chi connectivity index (χ1) is 9.35. The molecule has 0 aromatic heterocycles. The first-order valence-corrected chi connectivity index (χ1v) is 7.16. The van der Waals surface area contributed by atoms with Crippen molar-refractivity contribution < 1.29 is 30.3 Å². The Hall–Kier alpha value is -0.280. The van der Waals surface area contributed by atoms with Gasteiger partial charge in [0.05, 0.1) is 6.61 Å². The number of unbranched alkanes of at least 4 members (excludes halogenated alkanes) is 1. The largest absolute Gasteiger partial charge is 0.394 e. The lowest BCUT2D eigenvalue weighted by molar-refractivity contribution is -0.242. The summed E-state index contributed by atoms with van der Waals surface area (Å²) in [6.45, 7) is 1.43. The SMILES string of the molecule is CCCCC(N)CC[C@]1(O)O[C@H]([C@H](O)CO)[C@@H](O)[C@H]1O. The van der Waals surface area contributed by atoms with Gasteiger partial charge in [-0.2, -0.15) is 0 Å². The lowest BCUT2D eigenvalue weighted by Gasteiger charge is -2.27. The van der Waals surface area contributed by atoms with Crippen molar-refractivity contribution >= 4 is 0 Å². The molecule has 0 aromatic rings. The molecule has 120 valence electrons. The van der Waals surface area contributed by atoms with Gasteiger partial charge in [0.1, 0.15) is 24.4 Å². The van der Waals surface area contributed by atoms with Crippen LogP contribution in [0.1, 0.15) is 39.0 Å². The molecule has 6 atom stereocenters. The molecule has 7 nitrogen and oxygen atoms in total. The topological polar surface area (TPSA) is 136 Å². The van der Waals surface area contributed by atoms with Crippen molar-refractivity contribution in [2.45, 2.75) is 75.3 Å². The molecule has 1 saturated heterocycles. The van der Waals surface area contributed by atoms with Crippen LogP contribution >= 0.6 is 0 Å². The highest BCUT2D eigenvalue weighted by Gasteiger charge is 2.54. The van der Waals surface area contributed by atoms with Gasteiger partial charge in [-0.1, -0.05) is 19.8 Å². The summed E-state index contributed by atoms with van der Waals surface area (Å²) in [6.07, 6.45) is -2.24. The average Bonchev–Trinajstić information content (AvgIpc) is 2.67. The number of aliphatic hydroxyl groups excluding tert-OH is 4. The Kier molecular flexibility index (Phi) is 6.80. The molecule has 0 spiro atoms. The zero-order valence-corrected chi connectivity index (χ0v) is 11.9. The fourth-order valence-corrected chi connectivity index (χ4v) is 2.44. The van der Waals surface area contributed by atoms with Gasteiger partial charge in [0, 0.05) is 12.5 Å². The van der Waals surface area contributed by atoms with E-state index >= 15 is 0 Å². The number of nitrogens with two attached hydrogens (primary N) is 1. The van der Waals surface area contributed by atoms with E-state index in [1.807, 2.05) is 0 Å². The van der Waals surface area contributed by atoms with Crippen LogP contribution in [-0.4, -0.2) is 68.4 Å². The molecule has 0 amide bonds.